The first-order chi connectivity index (χ1) is 5.24. The second kappa shape index (κ2) is 6.16. The zero-order valence-corrected chi connectivity index (χ0v) is 12.8. The molecule has 0 aliphatic rings. The summed E-state index contributed by atoms with van der Waals surface area (Å²) in [6, 6.07) is 6.64. The van der Waals surface area contributed by atoms with Gasteiger partial charge in [0, 0.05) is 0 Å². The Kier molecular flexibility index (Phi) is 6.49. The zero-order chi connectivity index (χ0) is 8.27. The molecular formula is C9H6BrClU. The smallest absolute Gasteiger partial charge is 0.236 e. The molecule has 0 heterocycles. The van der Waals surface area contributed by atoms with E-state index in [1.807, 2.05) is 12.1 Å². The third-order valence-electron chi connectivity index (χ3n) is 1.17. The van der Waals surface area contributed by atoms with E-state index in [4.69, 9.17) is 11.6 Å². The molecule has 0 atom stereocenters. The number of hydrogen-bond donors (Lipinski definition) is 0. The summed E-state index contributed by atoms with van der Waals surface area (Å²) >= 11 is 9.08. The van der Waals surface area contributed by atoms with Gasteiger partial charge in [0.1, 0.15) is 0 Å². The molecule has 0 saturated carbocycles. The van der Waals surface area contributed by atoms with Crippen molar-refractivity contribution < 1.29 is 31.1 Å². The Morgan fingerprint density at radius 1 is 1.50 bits per heavy atom. The largest absolute Gasteiger partial charge is 2.00 e. The Hall–Kier alpha value is 0.652. The molecule has 12 heavy (non-hydrogen) atoms. The molecule has 0 spiro atoms. The third kappa shape index (κ3) is 3.58. The van der Waals surface area contributed by atoms with Crippen molar-refractivity contribution in [2.45, 2.75) is 0 Å². The maximum absolute atomic E-state index is 5.72. The van der Waals surface area contributed by atoms with E-state index < -0.39 is 0 Å². The maximum Gasteiger partial charge on any atom is 2.00 e. The SMILES string of the molecule is [CH2-]/C=C\c1[c-]c(Cl)ccc1Br.[U+2]. The molecule has 0 bridgehead atoms. The summed E-state index contributed by atoms with van der Waals surface area (Å²) < 4.78 is 0.974. The van der Waals surface area contributed by atoms with Gasteiger partial charge in [0.2, 0.25) is 0 Å². The molecule has 60 valence electrons. The Labute approximate surface area is 110 Å². The standard InChI is InChI=1S/C9H6BrCl.U/c1-2-3-7-6-8(11)4-5-9(7)10;/h2-5H,1H2;/q-2;+2/b3-2-;. The van der Waals surface area contributed by atoms with Crippen molar-refractivity contribution in [2.24, 2.45) is 0 Å². The molecule has 0 N–H and O–H groups in total. The molecule has 0 fully saturated rings. The molecule has 0 aliphatic heterocycles. The van der Waals surface area contributed by atoms with Crippen molar-refractivity contribution in [3.8, 4) is 0 Å². The van der Waals surface area contributed by atoms with Crippen LogP contribution in [-0.4, -0.2) is 0 Å². The Balaban J connectivity index is 0.00000121. The van der Waals surface area contributed by atoms with Gasteiger partial charge in [-0.1, -0.05) is 4.47 Å². The van der Waals surface area contributed by atoms with Crippen LogP contribution in [0, 0.1) is 44.1 Å². The van der Waals surface area contributed by atoms with Crippen molar-refractivity contribution in [1.29, 1.82) is 0 Å². The van der Waals surface area contributed by atoms with Crippen molar-refractivity contribution in [1.82, 2.24) is 0 Å². The van der Waals surface area contributed by atoms with Crippen LogP contribution in [-0.2, 0) is 0 Å². The van der Waals surface area contributed by atoms with E-state index in [1.165, 1.54) is 0 Å². The van der Waals surface area contributed by atoms with E-state index >= 15 is 0 Å². The molecular weight excluding hydrogens is 461 g/mol. The number of hydrogen-bond acceptors (Lipinski definition) is 0. The van der Waals surface area contributed by atoms with Gasteiger partial charge in [-0.15, -0.1) is 51.3 Å². The van der Waals surface area contributed by atoms with Crippen LogP contribution in [0.15, 0.2) is 22.7 Å². The Morgan fingerprint density at radius 2 is 2.17 bits per heavy atom. The Morgan fingerprint density at radius 3 is 2.75 bits per heavy atom. The molecule has 0 amide bonds. The van der Waals surface area contributed by atoms with Crippen LogP contribution in [0.2, 0.25) is 5.02 Å². The van der Waals surface area contributed by atoms with E-state index in [2.05, 4.69) is 28.9 Å². The first-order valence-corrected chi connectivity index (χ1v) is 4.24. The maximum atomic E-state index is 5.72. The van der Waals surface area contributed by atoms with Crippen molar-refractivity contribution in [3.05, 3.63) is 46.3 Å². The second-order valence-corrected chi connectivity index (χ2v) is 3.23. The molecule has 1 rings (SSSR count). The quantitative estimate of drug-likeness (QED) is 0.552. The fourth-order valence-electron chi connectivity index (χ4n) is 0.705. The van der Waals surface area contributed by atoms with E-state index in [0.717, 1.165) is 10.0 Å². The number of halogens is 2. The molecule has 0 saturated heterocycles. The predicted molar refractivity (Wildman–Crippen MR) is 52.4 cm³/mol. The van der Waals surface area contributed by atoms with Crippen LogP contribution in [0.5, 0.6) is 0 Å². The van der Waals surface area contributed by atoms with Crippen LogP contribution < -0.4 is 0 Å². The molecule has 0 aliphatic carbocycles. The number of allylic oxidation sites excluding steroid dienone is 1. The topological polar surface area (TPSA) is 0 Å². The van der Waals surface area contributed by atoms with E-state index in [0.29, 0.717) is 5.02 Å². The molecule has 1 aromatic carbocycles. The average Bonchev–Trinajstić information content (AvgIpc) is 1.98. The summed E-state index contributed by atoms with van der Waals surface area (Å²) in [5.74, 6) is 0. The molecule has 1 aromatic rings. The normalized spacial score (nSPS) is 9.83. The summed E-state index contributed by atoms with van der Waals surface area (Å²) in [6.07, 6.45) is 3.54. The molecule has 0 aromatic heterocycles. The van der Waals surface area contributed by atoms with Crippen molar-refractivity contribution in [2.75, 3.05) is 0 Å². The van der Waals surface area contributed by atoms with E-state index in [-0.39, 0.29) is 31.1 Å². The summed E-state index contributed by atoms with van der Waals surface area (Å²) in [5.41, 5.74) is 0.924. The monoisotopic (exact) mass is 466 g/mol. The van der Waals surface area contributed by atoms with Gasteiger partial charge in [0.05, 0.1) is 0 Å². The minimum Gasteiger partial charge on any atom is -0.236 e. The zero-order valence-electron chi connectivity index (χ0n) is 6.27. The number of benzene rings is 1. The van der Waals surface area contributed by atoms with Crippen LogP contribution in [0.1, 0.15) is 5.56 Å². The van der Waals surface area contributed by atoms with Crippen LogP contribution in [0.25, 0.3) is 6.08 Å². The first kappa shape index (κ1) is 12.7. The van der Waals surface area contributed by atoms with Gasteiger partial charge >= 0.3 is 31.1 Å². The van der Waals surface area contributed by atoms with Gasteiger partial charge in [0.15, 0.2) is 0 Å². The Bertz CT molecular complexity index is 284. The summed E-state index contributed by atoms with van der Waals surface area (Å²) in [5, 5.41) is 0.612. The van der Waals surface area contributed by atoms with Crippen LogP contribution >= 0.6 is 27.5 Å². The van der Waals surface area contributed by atoms with Gasteiger partial charge in [0.25, 0.3) is 0 Å². The van der Waals surface area contributed by atoms with E-state index in [1.54, 1.807) is 12.1 Å². The van der Waals surface area contributed by atoms with E-state index in [9.17, 15) is 0 Å². The molecule has 0 nitrogen and oxygen atoms in total. The minimum atomic E-state index is 0. The summed E-state index contributed by atoms with van der Waals surface area (Å²) in [6.45, 7) is 3.59. The molecule has 0 radical (unpaired) electrons. The molecule has 3 heteroatoms. The number of rotatable bonds is 1. The molecule has 0 unspecified atom stereocenters. The minimum absolute atomic E-state index is 0. The average molecular weight is 468 g/mol. The van der Waals surface area contributed by atoms with Gasteiger partial charge in [-0.3, -0.25) is 0 Å². The summed E-state index contributed by atoms with van der Waals surface area (Å²) in [7, 11) is 0. The third-order valence-corrected chi connectivity index (χ3v) is 2.08. The van der Waals surface area contributed by atoms with Crippen LogP contribution in [0.3, 0.4) is 0 Å². The predicted octanol–water partition coefficient (Wildman–Crippen LogP) is 3.75. The second-order valence-electron chi connectivity index (χ2n) is 1.97. The van der Waals surface area contributed by atoms with Crippen molar-refractivity contribution in [3.63, 3.8) is 0 Å². The van der Waals surface area contributed by atoms with Gasteiger partial charge in [-0.05, 0) is 5.02 Å². The first-order valence-electron chi connectivity index (χ1n) is 3.07. The van der Waals surface area contributed by atoms with Gasteiger partial charge < -0.3 is 0 Å². The fourth-order valence-corrected chi connectivity index (χ4v) is 1.23. The van der Waals surface area contributed by atoms with Crippen LogP contribution in [0.4, 0.5) is 0 Å². The van der Waals surface area contributed by atoms with Gasteiger partial charge in [-0.25, -0.2) is 6.92 Å². The summed E-state index contributed by atoms with van der Waals surface area (Å²) in [4.78, 5) is 0. The fraction of sp³-hybridized carbons (Fsp3) is 0. The van der Waals surface area contributed by atoms with Crippen molar-refractivity contribution >= 4 is 33.6 Å². The van der Waals surface area contributed by atoms with Gasteiger partial charge in [-0.2, -0.15) is 12.2 Å².